The van der Waals surface area contributed by atoms with E-state index in [1.165, 1.54) is 13.3 Å². The minimum Gasteiger partial charge on any atom is -0.387 e. The topological polar surface area (TPSA) is 265 Å². The van der Waals surface area contributed by atoms with Crippen LogP contribution in [-0.2, 0) is 42.9 Å². The van der Waals surface area contributed by atoms with Crippen LogP contribution in [0.25, 0.3) is 0 Å². The Morgan fingerprint density at radius 3 is 2.38 bits per heavy atom. The molecule has 0 aromatic carbocycles. The molecule has 2 heterocycles. The predicted molar refractivity (Wildman–Crippen MR) is 123 cm³/mol. The van der Waals surface area contributed by atoms with Crippen LogP contribution in [0.2, 0.25) is 0 Å². The summed E-state index contributed by atoms with van der Waals surface area (Å²) in [6.07, 6.45) is -1.03. The van der Waals surface area contributed by atoms with Crippen molar-refractivity contribution in [2.24, 2.45) is 5.92 Å². The van der Waals surface area contributed by atoms with Crippen molar-refractivity contribution >= 4 is 23.5 Å². The lowest BCUT2D eigenvalue weighted by atomic mass is 10.1. The molecule has 0 saturated carbocycles. The summed E-state index contributed by atoms with van der Waals surface area (Å²) in [6.45, 7) is 2.94. The van der Waals surface area contributed by atoms with Crippen LogP contribution in [0.1, 0.15) is 25.6 Å². The van der Waals surface area contributed by atoms with Gasteiger partial charge in [-0.25, -0.2) is 18.5 Å². The molecule has 0 radical (unpaired) electrons. The molecule has 0 amide bonds. The molecule has 1 saturated heterocycles. The van der Waals surface area contributed by atoms with Gasteiger partial charge in [0.2, 0.25) is 0 Å². The summed E-state index contributed by atoms with van der Waals surface area (Å²) in [7, 11) is -15.6. The number of hydrogen-bond acceptors (Lipinski definition) is 12. The number of rotatable bonds is 13. The average molecular weight is 595 g/mol. The van der Waals surface area contributed by atoms with Gasteiger partial charge in [-0.3, -0.25) is 18.9 Å². The maximum atomic E-state index is 12.4. The third-order valence-corrected chi connectivity index (χ3v) is 8.41. The van der Waals surface area contributed by atoms with Crippen LogP contribution < -0.4 is 16.6 Å². The first-order valence-electron chi connectivity index (χ1n) is 10.3. The zero-order chi connectivity index (χ0) is 28.2. The van der Waals surface area contributed by atoms with Crippen LogP contribution in [0.3, 0.4) is 0 Å². The number of allylic oxidation sites excluding steroid dienone is 1. The van der Waals surface area contributed by atoms with Crippen molar-refractivity contribution in [3.8, 4) is 0 Å². The number of H-pyrrole nitrogens is 1. The van der Waals surface area contributed by atoms with Crippen LogP contribution in [0.4, 0.5) is 0 Å². The molecule has 37 heavy (non-hydrogen) atoms. The lowest BCUT2D eigenvalue weighted by molar-refractivity contribution is -0.0621. The first-order chi connectivity index (χ1) is 16.9. The highest BCUT2D eigenvalue weighted by Gasteiger charge is 2.47. The second-order valence-electron chi connectivity index (χ2n) is 7.95. The molecule has 2 unspecified atom stereocenters. The number of nitrogens with one attached hydrogen (secondary N) is 2. The summed E-state index contributed by atoms with van der Waals surface area (Å²) in [4.78, 5) is 62.7. The van der Waals surface area contributed by atoms with Crippen LogP contribution in [0, 0.1) is 5.92 Å². The standard InChI is InChI=1S/C16H28N3O15P3/c1-9(2)4-5-17-6-10-7-19(16(22)18-14(10)21)15-13(30-3)12(20)11(32-15)8-31-36(26,27)34-37(28,29)33-35(23,24)25/h4-5,7,9,11-13,15,17,20H,6,8H2,1-3H3,(H,26,27)(H,28,29)(H,18,21,22)(H2,23,24,25)/t11-,12-,13-,15-/m1/s1. The Balaban J connectivity index is 2.18. The minimum absolute atomic E-state index is 0.0290. The fourth-order valence-electron chi connectivity index (χ4n) is 3.08. The molecule has 0 aliphatic carbocycles. The Kier molecular flexibility index (Phi) is 10.8. The Morgan fingerprint density at radius 1 is 1.16 bits per heavy atom. The quantitative estimate of drug-likeness (QED) is 0.141. The van der Waals surface area contributed by atoms with E-state index in [0.29, 0.717) is 0 Å². The van der Waals surface area contributed by atoms with Crippen molar-refractivity contribution in [3.63, 3.8) is 0 Å². The fourth-order valence-corrected chi connectivity index (χ4v) is 6.11. The van der Waals surface area contributed by atoms with Gasteiger partial charge in [-0.15, -0.1) is 0 Å². The molecule has 2 rings (SSSR count). The average Bonchev–Trinajstić information content (AvgIpc) is 3.03. The number of nitrogens with zero attached hydrogens (tertiary/aromatic N) is 1. The van der Waals surface area contributed by atoms with Crippen molar-refractivity contribution in [2.75, 3.05) is 13.7 Å². The Hall–Kier alpha value is -1.49. The number of phosphoric ester groups is 1. The van der Waals surface area contributed by atoms with Gasteiger partial charge in [0.05, 0.1) is 12.2 Å². The molecular formula is C16H28N3O15P3. The van der Waals surface area contributed by atoms with E-state index in [4.69, 9.17) is 19.3 Å². The van der Waals surface area contributed by atoms with Crippen molar-refractivity contribution in [3.05, 3.63) is 44.9 Å². The highest BCUT2D eigenvalue weighted by Crippen LogP contribution is 2.66. The molecule has 1 aromatic heterocycles. The summed E-state index contributed by atoms with van der Waals surface area (Å²) in [5, 5.41) is 13.4. The summed E-state index contributed by atoms with van der Waals surface area (Å²) in [5.74, 6) is 0.247. The molecular weight excluding hydrogens is 567 g/mol. The zero-order valence-corrected chi connectivity index (χ0v) is 22.3. The van der Waals surface area contributed by atoms with Gasteiger partial charge in [0.1, 0.15) is 18.3 Å². The van der Waals surface area contributed by atoms with E-state index in [9.17, 15) is 38.2 Å². The molecule has 6 atom stereocenters. The van der Waals surface area contributed by atoms with Crippen LogP contribution >= 0.6 is 23.5 Å². The number of hydrogen-bond donors (Lipinski definition) is 7. The molecule has 1 fully saturated rings. The monoisotopic (exact) mass is 595 g/mol. The molecule has 1 aliphatic rings. The van der Waals surface area contributed by atoms with E-state index in [1.807, 2.05) is 19.9 Å². The number of phosphoric acid groups is 3. The highest BCUT2D eigenvalue weighted by atomic mass is 31.3. The SMILES string of the molecule is CO[C@@H]1[C@H](O)[C@@H](COP(=O)(O)OP(=O)(O)OP(=O)(O)O)O[C@H]1n1cc(CNC=CC(C)C)c(=O)[nH]c1=O. The number of methoxy groups -OCH3 is 1. The number of aromatic nitrogens is 2. The zero-order valence-electron chi connectivity index (χ0n) is 19.6. The number of aromatic amines is 1. The van der Waals surface area contributed by atoms with E-state index < -0.39 is 65.9 Å². The van der Waals surface area contributed by atoms with Crippen molar-refractivity contribution in [1.82, 2.24) is 14.9 Å². The van der Waals surface area contributed by atoms with Gasteiger partial charge in [-0.1, -0.05) is 19.9 Å². The number of ether oxygens (including phenoxy) is 2. The van der Waals surface area contributed by atoms with Crippen LogP contribution in [-0.4, -0.2) is 66.3 Å². The molecule has 212 valence electrons. The first kappa shape index (κ1) is 31.7. The predicted octanol–water partition coefficient (Wildman–Crippen LogP) is -0.587. The molecule has 7 N–H and O–H groups in total. The van der Waals surface area contributed by atoms with Gasteiger partial charge in [0.25, 0.3) is 5.56 Å². The summed E-state index contributed by atoms with van der Waals surface area (Å²) in [5.41, 5.74) is -1.47. The second-order valence-corrected chi connectivity index (χ2v) is 12.4. The molecule has 18 nitrogen and oxygen atoms in total. The Labute approximate surface area is 209 Å². The Bertz CT molecular complexity index is 1220. The molecule has 1 aromatic rings. The number of aliphatic hydroxyl groups is 1. The third-order valence-electron chi connectivity index (χ3n) is 4.61. The summed E-state index contributed by atoms with van der Waals surface area (Å²) >= 11 is 0. The van der Waals surface area contributed by atoms with E-state index in [1.54, 1.807) is 6.20 Å². The van der Waals surface area contributed by atoms with Gasteiger partial charge < -0.3 is 39.5 Å². The fraction of sp³-hybridized carbons (Fsp3) is 0.625. The normalized spacial score (nSPS) is 25.9. The first-order valence-corrected chi connectivity index (χ1v) is 14.9. The maximum absolute atomic E-state index is 12.4. The highest BCUT2D eigenvalue weighted by molar-refractivity contribution is 7.66. The molecule has 0 bridgehead atoms. The van der Waals surface area contributed by atoms with E-state index >= 15 is 0 Å². The van der Waals surface area contributed by atoms with E-state index in [-0.39, 0.29) is 18.0 Å². The van der Waals surface area contributed by atoms with Crippen LogP contribution in [0.5, 0.6) is 0 Å². The summed E-state index contributed by atoms with van der Waals surface area (Å²) in [6, 6.07) is 0. The van der Waals surface area contributed by atoms with Crippen molar-refractivity contribution in [2.45, 2.75) is 44.9 Å². The number of aliphatic hydroxyl groups excluding tert-OH is 1. The van der Waals surface area contributed by atoms with E-state index in [2.05, 4.69) is 23.4 Å². The lowest BCUT2D eigenvalue weighted by Gasteiger charge is -2.20. The summed E-state index contributed by atoms with van der Waals surface area (Å²) < 4.78 is 57.4. The Morgan fingerprint density at radius 2 is 1.81 bits per heavy atom. The largest absolute Gasteiger partial charge is 0.490 e. The van der Waals surface area contributed by atoms with Crippen LogP contribution in [0.15, 0.2) is 28.1 Å². The van der Waals surface area contributed by atoms with Gasteiger partial charge in [0.15, 0.2) is 6.23 Å². The van der Waals surface area contributed by atoms with Gasteiger partial charge >= 0.3 is 29.2 Å². The molecule has 1 aliphatic heterocycles. The second kappa shape index (κ2) is 12.6. The van der Waals surface area contributed by atoms with Crippen molar-refractivity contribution < 1.29 is 61.0 Å². The maximum Gasteiger partial charge on any atom is 0.490 e. The van der Waals surface area contributed by atoms with Gasteiger partial charge in [0, 0.05) is 19.9 Å². The molecule has 0 spiro atoms. The molecule has 21 heteroatoms. The van der Waals surface area contributed by atoms with Gasteiger partial charge in [-0.2, -0.15) is 8.62 Å². The lowest BCUT2D eigenvalue weighted by Crippen LogP contribution is -2.40. The smallest absolute Gasteiger partial charge is 0.387 e. The van der Waals surface area contributed by atoms with Gasteiger partial charge in [-0.05, 0) is 12.1 Å². The van der Waals surface area contributed by atoms with Crippen molar-refractivity contribution in [1.29, 1.82) is 0 Å². The minimum atomic E-state index is -5.74. The third kappa shape index (κ3) is 9.64. The van der Waals surface area contributed by atoms with E-state index in [0.717, 1.165) is 4.57 Å².